The van der Waals surface area contributed by atoms with Crippen LogP contribution in [0.2, 0.25) is 0 Å². The van der Waals surface area contributed by atoms with Crippen molar-refractivity contribution < 1.29 is 9.90 Å². The van der Waals surface area contributed by atoms with Crippen LogP contribution in [0.4, 0.5) is 0 Å². The minimum atomic E-state index is -0.692. The molecule has 0 aromatic carbocycles. The molecular formula is C13H17N3O2. The van der Waals surface area contributed by atoms with Gasteiger partial charge in [0.2, 0.25) is 0 Å². The molecule has 1 aromatic rings. The molecule has 2 N–H and O–H groups in total. The molecular weight excluding hydrogens is 230 g/mol. The third-order valence-corrected chi connectivity index (χ3v) is 3.71. The molecule has 1 aromatic heterocycles. The van der Waals surface area contributed by atoms with Crippen LogP contribution in [0.25, 0.3) is 0 Å². The summed E-state index contributed by atoms with van der Waals surface area (Å²) in [5.74, 6) is 0.984. The quantitative estimate of drug-likeness (QED) is 0.832. The first-order chi connectivity index (χ1) is 8.66. The molecule has 1 amide bonds. The van der Waals surface area contributed by atoms with Crippen molar-refractivity contribution in [1.29, 1.82) is 0 Å². The van der Waals surface area contributed by atoms with Crippen molar-refractivity contribution in [1.82, 2.24) is 15.3 Å². The lowest BCUT2D eigenvalue weighted by Gasteiger charge is -2.36. The smallest absolute Gasteiger partial charge is 0.270 e. The molecule has 2 saturated carbocycles. The number of aliphatic hydroxyl groups is 1. The van der Waals surface area contributed by atoms with E-state index in [1.807, 2.05) is 0 Å². The number of amides is 1. The maximum atomic E-state index is 11.9. The Morgan fingerprint density at radius 2 is 2.28 bits per heavy atom. The summed E-state index contributed by atoms with van der Waals surface area (Å²) in [7, 11) is 0. The summed E-state index contributed by atoms with van der Waals surface area (Å²) in [5, 5.41) is 12.7. The molecule has 2 aliphatic rings. The zero-order valence-corrected chi connectivity index (χ0v) is 10.2. The van der Waals surface area contributed by atoms with E-state index in [4.69, 9.17) is 0 Å². The van der Waals surface area contributed by atoms with Crippen molar-refractivity contribution in [3.05, 3.63) is 23.8 Å². The standard InChI is InChI=1S/C13H17N3O2/c17-12(15-8-13(18)5-1-6-13)10-4-7-14-11(16-10)9-2-3-9/h4,7,9,18H,1-3,5-6,8H2,(H,15,17). The van der Waals surface area contributed by atoms with Gasteiger partial charge < -0.3 is 10.4 Å². The largest absolute Gasteiger partial charge is 0.388 e. The van der Waals surface area contributed by atoms with Crippen LogP contribution in [0.1, 0.15) is 54.3 Å². The van der Waals surface area contributed by atoms with E-state index in [1.165, 1.54) is 0 Å². The van der Waals surface area contributed by atoms with Crippen LogP contribution in [-0.4, -0.2) is 33.1 Å². The zero-order chi connectivity index (χ0) is 12.6. The highest BCUT2D eigenvalue weighted by Crippen LogP contribution is 2.37. The summed E-state index contributed by atoms with van der Waals surface area (Å²) in [6.45, 7) is 0.314. The Kier molecular flexibility index (Phi) is 2.78. The molecule has 0 radical (unpaired) electrons. The minimum absolute atomic E-state index is 0.223. The predicted octanol–water partition coefficient (Wildman–Crippen LogP) is 0.999. The fraction of sp³-hybridized carbons (Fsp3) is 0.615. The van der Waals surface area contributed by atoms with Crippen molar-refractivity contribution in [3.63, 3.8) is 0 Å². The van der Waals surface area contributed by atoms with Gasteiger partial charge in [-0.05, 0) is 38.2 Å². The van der Waals surface area contributed by atoms with Gasteiger partial charge in [0.05, 0.1) is 5.60 Å². The molecule has 0 aliphatic heterocycles. The molecule has 0 bridgehead atoms. The second-order valence-corrected chi connectivity index (χ2v) is 5.33. The SMILES string of the molecule is O=C(NCC1(O)CCC1)c1ccnc(C2CC2)n1. The van der Waals surface area contributed by atoms with Crippen LogP contribution in [0, 0.1) is 0 Å². The summed E-state index contributed by atoms with van der Waals surface area (Å²) in [6.07, 6.45) is 6.43. The normalized spacial score (nSPS) is 21.2. The molecule has 18 heavy (non-hydrogen) atoms. The fourth-order valence-electron chi connectivity index (χ4n) is 2.14. The maximum Gasteiger partial charge on any atom is 0.270 e. The lowest BCUT2D eigenvalue weighted by Crippen LogP contribution is -2.47. The van der Waals surface area contributed by atoms with Crippen molar-refractivity contribution in [3.8, 4) is 0 Å². The van der Waals surface area contributed by atoms with Gasteiger partial charge in [-0.15, -0.1) is 0 Å². The second-order valence-electron chi connectivity index (χ2n) is 5.33. The van der Waals surface area contributed by atoms with E-state index >= 15 is 0 Å². The second kappa shape index (κ2) is 4.31. The van der Waals surface area contributed by atoms with Crippen molar-refractivity contribution in [2.75, 3.05) is 6.54 Å². The minimum Gasteiger partial charge on any atom is -0.388 e. The van der Waals surface area contributed by atoms with Gasteiger partial charge in [-0.25, -0.2) is 9.97 Å². The highest BCUT2D eigenvalue weighted by molar-refractivity contribution is 5.92. The maximum absolute atomic E-state index is 11.9. The molecule has 96 valence electrons. The third-order valence-electron chi connectivity index (χ3n) is 3.71. The van der Waals surface area contributed by atoms with Crippen LogP contribution in [0.3, 0.4) is 0 Å². The van der Waals surface area contributed by atoms with E-state index in [-0.39, 0.29) is 5.91 Å². The first-order valence-corrected chi connectivity index (χ1v) is 6.50. The van der Waals surface area contributed by atoms with Crippen molar-refractivity contribution >= 4 is 5.91 Å². The molecule has 0 saturated heterocycles. The van der Waals surface area contributed by atoms with E-state index in [2.05, 4.69) is 15.3 Å². The summed E-state index contributed by atoms with van der Waals surface area (Å²) in [6, 6.07) is 1.62. The molecule has 2 aliphatic carbocycles. The highest BCUT2D eigenvalue weighted by Gasteiger charge is 2.34. The Balaban J connectivity index is 1.62. The Bertz CT molecular complexity index is 467. The van der Waals surface area contributed by atoms with Gasteiger partial charge in [0, 0.05) is 18.7 Å². The first-order valence-electron chi connectivity index (χ1n) is 6.50. The van der Waals surface area contributed by atoms with Crippen LogP contribution >= 0.6 is 0 Å². The molecule has 3 rings (SSSR count). The molecule has 0 spiro atoms. The van der Waals surface area contributed by atoms with E-state index in [0.29, 0.717) is 18.2 Å². The monoisotopic (exact) mass is 247 g/mol. The van der Waals surface area contributed by atoms with Crippen LogP contribution < -0.4 is 5.32 Å². The van der Waals surface area contributed by atoms with Crippen LogP contribution in [-0.2, 0) is 0 Å². The van der Waals surface area contributed by atoms with Gasteiger partial charge in [0.15, 0.2) is 0 Å². The average molecular weight is 247 g/mol. The fourth-order valence-corrected chi connectivity index (χ4v) is 2.14. The van der Waals surface area contributed by atoms with Crippen molar-refractivity contribution in [2.45, 2.75) is 43.6 Å². The molecule has 5 nitrogen and oxygen atoms in total. The number of carbonyl (C=O) groups excluding carboxylic acids is 1. The van der Waals surface area contributed by atoms with E-state index in [0.717, 1.165) is 37.9 Å². The zero-order valence-electron chi connectivity index (χ0n) is 10.2. The van der Waals surface area contributed by atoms with Crippen LogP contribution in [0.5, 0.6) is 0 Å². The third kappa shape index (κ3) is 2.36. The molecule has 0 atom stereocenters. The van der Waals surface area contributed by atoms with Gasteiger partial charge in [0.25, 0.3) is 5.91 Å². The van der Waals surface area contributed by atoms with Gasteiger partial charge in [0.1, 0.15) is 11.5 Å². The van der Waals surface area contributed by atoms with E-state index in [9.17, 15) is 9.90 Å². The van der Waals surface area contributed by atoms with Crippen LogP contribution in [0.15, 0.2) is 12.3 Å². The number of carbonyl (C=O) groups is 1. The Morgan fingerprint density at radius 1 is 1.50 bits per heavy atom. The number of rotatable bonds is 4. The highest BCUT2D eigenvalue weighted by atomic mass is 16.3. The number of nitrogens with zero attached hydrogens (tertiary/aromatic N) is 2. The van der Waals surface area contributed by atoms with Gasteiger partial charge in [-0.3, -0.25) is 4.79 Å². The average Bonchev–Trinajstić information content (AvgIpc) is 3.18. The Hall–Kier alpha value is -1.49. The lowest BCUT2D eigenvalue weighted by atomic mass is 9.80. The summed E-state index contributed by atoms with van der Waals surface area (Å²) in [4.78, 5) is 20.4. The number of hydrogen-bond donors (Lipinski definition) is 2. The first kappa shape index (κ1) is 11.6. The Labute approximate surface area is 106 Å². The lowest BCUT2D eigenvalue weighted by molar-refractivity contribution is -0.0300. The molecule has 0 unspecified atom stereocenters. The van der Waals surface area contributed by atoms with E-state index in [1.54, 1.807) is 12.3 Å². The van der Waals surface area contributed by atoms with Gasteiger partial charge in [-0.2, -0.15) is 0 Å². The van der Waals surface area contributed by atoms with Gasteiger partial charge >= 0.3 is 0 Å². The van der Waals surface area contributed by atoms with Crippen molar-refractivity contribution in [2.24, 2.45) is 0 Å². The van der Waals surface area contributed by atoms with E-state index < -0.39 is 5.60 Å². The topological polar surface area (TPSA) is 75.1 Å². The number of hydrogen-bond acceptors (Lipinski definition) is 4. The van der Waals surface area contributed by atoms with Gasteiger partial charge in [-0.1, -0.05) is 0 Å². The molecule has 2 fully saturated rings. The Morgan fingerprint density at radius 3 is 2.89 bits per heavy atom. The number of nitrogens with one attached hydrogen (secondary N) is 1. The summed E-state index contributed by atoms with van der Waals surface area (Å²) in [5.41, 5.74) is -0.294. The molecule has 1 heterocycles. The molecule has 5 heteroatoms. The summed E-state index contributed by atoms with van der Waals surface area (Å²) < 4.78 is 0. The number of aromatic nitrogens is 2. The summed E-state index contributed by atoms with van der Waals surface area (Å²) >= 11 is 0. The predicted molar refractivity (Wildman–Crippen MR) is 65.1 cm³/mol.